The number of amides is 2. The molecule has 0 atom stereocenters. The van der Waals surface area contributed by atoms with E-state index in [0.29, 0.717) is 24.3 Å². The molecular formula is C19H22N4O2. The maximum absolute atomic E-state index is 12.4. The van der Waals surface area contributed by atoms with Gasteiger partial charge in [0.15, 0.2) is 0 Å². The fourth-order valence-corrected chi connectivity index (χ4v) is 2.98. The highest BCUT2D eigenvalue weighted by atomic mass is 16.2. The maximum Gasteiger partial charge on any atom is 0.274 e. The number of rotatable bonds is 3. The molecule has 6 nitrogen and oxygen atoms in total. The van der Waals surface area contributed by atoms with E-state index in [0.717, 1.165) is 24.1 Å². The van der Waals surface area contributed by atoms with Gasteiger partial charge < -0.3 is 10.2 Å². The van der Waals surface area contributed by atoms with Crippen LogP contribution in [0.15, 0.2) is 36.7 Å². The summed E-state index contributed by atoms with van der Waals surface area (Å²) in [6, 6.07) is 7.63. The van der Waals surface area contributed by atoms with Gasteiger partial charge in [-0.25, -0.2) is 4.98 Å². The van der Waals surface area contributed by atoms with Crippen LogP contribution in [0.3, 0.4) is 0 Å². The van der Waals surface area contributed by atoms with Crippen molar-refractivity contribution in [3.05, 3.63) is 59.2 Å². The summed E-state index contributed by atoms with van der Waals surface area (Å²) in [7, 11) is 0. The minimum atomic E-state index is -0.101. The molecule has 1 saturated heterocycles. The Hall–Kier alpha value is -2.76. The molecule has 0 spiro atoms. The molecule has 2 aromatic rings. The van der Waals surface area contributed by atoms with E-state index >= 15 is 0 Å². The van der Waals surface area contributed by atoms with Crippen molar-refractivity contribution in [2.45, 2.75) is 32.7 Å². The molecule has 6 heteroatoms. The zero-order chi connectivity index (χ0) is 17.8. The third-order valence-electron chi connectivity index (χ3n) is 4.51. The monoisotopic (exact) mass is 338 g/mol. The Bertz CT molecular complexity index is 765. The molecule has 130 valence electrons. The first-order chi connectivity index (χ1) is 12.0. The number of piperidine rings is 1. The van der Waals surface area contributed by atoms with Crippen molar-refractivity contribution in [2.24, 2.45) is 0 Å². The van der Waals surface area contributed by atoms with E-state index < -0.39 is 0 Å². The van der Waals surface area contributed by atoms with E-state index in [1.54, 1.807) is 11.1 Å². The number of nitrogens with one attached hydrogen (secondary N) is 1. The van der Waals surface area contributed by atoms with Gasteiger partial charge in [-0.15, -0.1) is 0 Å². The van der Waals surface area contributed by atoms with Crippen LogP contribution in [0.4, 0.5) is 0 Å². The number of hydrogen-bond acceptors (Lipinski definition) is 4. The molecule has 1 aliphatic heterocycles. The van der Waals surface area contributed by atoms with Crippen molar-refractivity contribution < 1.29 is 9.59 Å². The second-order valence-corrected chi connectivity index (χ2v) is 6.40. The van der Waals surface area contributed by atoms with Crippen LogP contribution in [0.2, 0.25) is 0 Å². The Morgan fingerprint density at radius 1 is 1.08 bits per heavy atom. The molecule has 0 bridgehead atoms. The molecule has 0 unspecified atom stereocenters. The molecule has 3 rings (SSSR count). The Kier molecular flexibility index (Phi) is 5.07. The van der Waals surface area contributed by atoms with Gasteiger partial charge in [0.2, 0.25) is 0 Å². The lowest BCUT2D eigenvalue weighted by Crippen LogP contribution is -2.46. The number of hydrogen-bond donors (Lipinski definition) is 1. The van der Waals surface area contributed by atoms with Gasteiger partial charge in [-0.1, -0.05) is 18.2 Å². The standard InChI is InChI=1S/C19H22N4O2/c1-13-5-3-4-6-16(13)18(24)22-15-7-9-23(10-8-15)19(25)17-12-20-14(2)11-21-17/h3-6,11-12,15H,7-10H2,1-2H3,(H,22,24). The van der Waals surface area contributed by atoms with E-state index in [-0.39, 0.29) is 17.9 Å². The Morgan fingerprint density at radius 3 is 2.44 bits per heavy atom. The molecule has 1 aromatic heterocycles. The predicted molar refractivity (Wildman–Crippen MR) is 94.3 cm³/mol. The van der Waals surface area contributed by atoms with Gasteiger partial charge in [-0.05, 0) is 38.3 Å². The molecule has 0 saturated carbocycles. The van der Waals surface area contributed by atoms with Crippen LogP contribution in [0.5, 0.6) is 0 Å². The van der Waals surface area contributed by atoms with Gasteiger partial charge in [0.05, 0.1) is 11.9 Å². The van der Waals surface area contributed by atoms with Crippen LogP contribution in [0.1, 0.15) is 44.9 Å². The molecule has 2 amide bonds. The first-order valence-electron chi connectivity index (χ1n) is 8.49. The summed E-state index contributed by atoms with van der Waals surface area (Å²) in [5.41, 5.74) is 2.82. The SMILES string of the molecule is Cc1cnc(C(=O)N2CCC(NC(=O)c3ccccc3C)CC2)cn1. The molecule has 1 aromatic carbocycles. The summed E-state index contributed by atoms with van der Waals surface area (Å²) in [4.78, 5) is 34.9. The van der Waals surface area contributed by atoms with Crippen LogP contribution in [0.25, 0.3) is 0 Å². The molecule has 1 aliphatic rings. The summed E-state index contributed by atoms with van der Waals surface area (Å²) >= 11 is 0. The normalized spacial score (nSPS) is 15.0. The van der Waals surface area contributed by atoms with Crippen LogP contribution >= 0.6 is 0 Å². The Morgan fingerprint density at radius 2 is 1.80 bits per heavy atom. The average Bonchev–Trinajstić information content (AvgIpc) is 2.63. The molecule has 1 N–H and O–H groups in total. The lowest BCUT2D eigenvalue weighted by Gasteiger charge is -2.32. The Labute approximate surface area is 147 Å². The van der Waals surface area contributed by atoms with Crippen molar-refractivity contribution in [3.63, 3.8) is 0 Å². The van der Waals surface area contributed by atoms with Crippen LogP contribution < -0.4 is 5.32 Å². The van der Waals surface area contributed by atoms with E-state index in [9.17, 15) is 9.59 Å². The number of carbonyl (C=O) groups excluding carboxylic acids is 2. The van der Waals surface area contributed by atoms with Gasteiger partial charge in [0, 0.05) is 30.9 Å². The van der Waals surface area contributed by atoms with Gasteiger partial charge in [-0.2, -0.15) is 0 Å². The van der Waals surface area contributed by atoms with Crippen molar-refractivity contribution >= 4 is 11.8 Å². The highest BCUT2D eigenvalue weighted by Crippen LogP contribution is 2.14. The minimum absolute atomic E-state index is 0.0488. The third-order valence-corrected chi connectivity index (χ3v) is 4.51. The molecule has 0 aliphatic carbocycles. The quantitative estimate of drug-likeness (QED) is 0.930. The topological polar surface area (TPSA) is 75.2 Å². The van der Waals surface area contributed by atoms with E-state index in [4.69, 9.17) is 0 Å². The van der Waals surface area contributed by atoms with Gasteiger partial charge >= 0.3 is 0 Å². The maximum atomic E-state index is 12.4. The number of carbonyl (C=O) groups is 2. The van der Waals surface area contributed by atoms with Crippen molar-refractivity contribution in [1.82, 2.24) is 20.2 Å². The average molecular weight is 338 g/mol. The van der Waals surface area contributed by atoms with Crippen LogP contribution in [-0.4, -0.2) is 45.8 Å². The zero-order valence-corrected chi connectivity index (χ0v) is 14.5. The van der Waals surface area contributed by atoms with Crippen molar-refractivity contribution in [3.8, 4) is 0 Å². The first kappa shape index (κ1) is 17.1. The molecule has 25 heavy (non-hydrogen) atoms. The number of benzene rings is 1. The lowest BCUT2D eigenvalue weighted by molar-refractivity contribution is 0.0692. The second kappa shape index (κ2) is 7.42. The van der Waals surface area contributed by atoms with Gasteiger partial charge in [0.1, 0.15) is 5.69 Å². The summed E-state index contributed by atoms with van der Waals surface area (Å²) in [5, 5.41) is 3.08. The largest absolute Gasteiger partial charge is 0.349 e. The van der Waals surface area contributed by atoms with Crippen LogP contribution in [0, 0.1) is 13.8 Å². The van der Waals surface area contributed by atoms with Crippen LogP contribution in [-0.2, 0) is 0 Å². The van der Waals surface area contributed by atoms with Gasteiger partial charge in [0.25, 0.3) is 11.8 Å². The summed E-state index contributed by atoms with van der Waals surface area (Å²) in [6.07, 6.45) is 4.59. The fraction of sp³-hybridized carbons (Fsp3) is 0.368. The van der Waals surface area contributed by atoms with Gasteiger partial charge in [-0.3, -0.25) is 14.6 Å². The fourth-order valence-electron chi connectivity index (χ4n) is 2.98. The van der Waals surface area contributed by atoms with Crippen molar-refractivity contribution in [2.75, 3.05) is 13.1 Å². The molecule has 1 fully saturated rings. The smallest absolute Gasteiger partial charge is 0.274 e. The molecule has 0 radical (unpaired) electrons. The lowest BCUT2D eigenvalue weighted by atomic mass is 10.0. The van der Waals surface area contributed by atoms with E-state index in [1.165, 1.54) is 6.20 Å². The Balaban J connectivity index is 1.55. The van der Waals surface area contributed by atoms with Crippen molar-refractivity contribution in [1.29, 1.82) is 0 Å². The third kappa shape index (κ3) is 4.02. The highest BCUT2D eigenvalue weighted by Gasteiger charge is 2.25. The van der Waals surface area contributed by atoms with E-state index in [2.05, 4.69) is 15.3 Å². The number of aromatic nitrogens is 2. The predicted octanol–water partition coefficient (Wildman–Crippen LogP) is 2.13. The highest BCUT2D eigenvalue weighted by molar-refractivity contribution is 5.96. The first-order valence-corrected chi connectivity index (χ1v) is 8.49. The number of likely N-dealkylation sites (tertiary alicyclic amines) is 1. The molecular weight excluding hydrogens is 316 g/mol. The molecule has 2 heterocycles. The minimum Gasteiger partial charge on any atom is -0.349 e. The number of nitrogens with zero attached hydrogens (tertiary/aromatic N) is 3. The summed E-state index contributed by atoms with van der Waals surface area (Å²) in [5.74, 6) is -0.150. The zero-order valence-electron chi connectivity index (χ0n) is 14.5. The van der Waals surface area contributed by atoms with E-state index in [1.807, 2.05) is 38.1 Å². The number of aryl methyl sites for hydroxylation is 2. The second-order valence-electron chi connectivity index (χ2n) is 6.40. The summed E-state index contributed by atoms with van der Waals surface area (Å²) in [6.45, 7) is 4.98. The summed E-state index contributed by atoms with van der Waals surface area (Å²) < 4.78 is 0.